The molecule has 51 heavy (non-hydrogen) atoms. The number of esters is 2. The van der Waals surface area contributed by atoms with Gasteiger partial charge in [-0.2, -0.15) is 0 Å². The SMILES string of the molecule is C.CC(CCCCC(=O)CCCCC(C)(c1ccccc1)C1CC(O)(CC(=O)O)CC(=O)O1)(c1ccccc1)C1CC(O)(CC(=O)O)CC(=O)O1. The molecule has 2 saturated heterocycles. The number of carboxylic acid groups (broad SMARTS) is 2. The summed E-state index contributed by atoms with van der Waals surface area (Å²) in [4.78, 5) is 60.9. The lowest BCUT2D eigenvalue weighted by Gasteiger charge is -2.44. The molecule has 11 nitrogen and oxygen atoms in total. The number of cyclic esters (lactones) is 2. The average Bonchev–Trinajstić information content (AvgIpc) is 3.03. The van der Waals surface area contributed by atoms with Crippen LogP contribution in [-0.2, 0) is 44.3 Å². The summed E-state index contributed by atoms with van der Waals surface area (Å²) in [6.07, 6.45) is 0.944. The van der Waals surface area contributed by atoms with Crippen molar-refractivity contribution in [2.75, 3.05) is 0 Å². The molecule has 0 radical (unpaired) electrons. The molecule has 0 aliphatic carbocycles. The van der Waals surface area contributed by atoms with Crippen molar-refractivity contribution in [2.24, 2.45) is 0 Å². The molecule has 0 bridgehead atoms. The normalized spacial score (nSPS) is 25.6. The van der Waals surface area contributed by atoms with Crippen LogP contribution in [0.5, 0.6) is 0 Å². The summed E-state index contributed by atoms with van der Waals surface area (Å²) in [6.45, 7) is 3.90. The van der Waals surface area contributed by atoms with Crippen LogP contribution < -0.4 is 0 Å². The Bertz CT molecular complexity index is 1390. The van der Waals surface area contributed by atoms with E-state index in [-0.39, 0.29) is 38.9 Å². The van der Waals surface area contributed by atoms with E-state index >= 15 is 0 Å². The van der Waals surface area contributed by atoms with E-state index in [0.29, 0.717) is 51.4 Å². The number of ether oxygens (including phenoxy) is 2. The lowest BCUT2D eigenvalue weighted by atomic mass is 9.68. The van der Waals surface area contributed by atoms with E-state index in [4.69, 9.17) is 9.47 Å². The fourth-order valence-corrected chi connectivity index (χ4v) is 7.77. The first kappa shape index (κ1) is 41.3. The van der Waals surface area contributed by atoms with Gasteiger partial charge in [0.15, 0.2) is 0 Å². The molecule has 0 amide bonds. The summed E-state index contributed by atoms with van der Waals surface area (Å²) in [5, 5.41) is 40.7. The molecule has 0 aromatic heterocycles. The number of aliphatic carboxylic acids is 2. The third-order valence-electron chi connectivity index (χ3n) is 10.7. The minimum absolute atomic E-state index is 0. The second kappa shape index (κ2) is 17.4. The van der Waals surface area contributed by atoms with Crippen LogP contribution >= 0.6 is 0 Å². The third-order valence-corrected chi connectivity index (χ3v) is 10.7. The molecular formula is C40H54O11. The van der Waals surface area contributed by atoms with E-state index in [2.05, 4.69) is 0 Å². The van der Waals surface area contributed by atoms with Gasteiger partial charge in [-0.25, -0.2) is 0 Å². The average molecular weight is 711 g/mol. The van der Waals surface area contributed by atoms with Gasteiger partial charge in [-0.3, -0.25) is 24.0 Å². The molecule has 2 aromatic rings. The summed E-state index contributed by atoms with van der Waals surface area (Å²) < 4.78 is 11.5. The van der Waals surface area contributed by atoms with Crippen molar-refractivity contribution in [1.82, 2.24) is 0 Å². The molecule has 11 heteroatoms. The van der Waals surface area contributed by atoms with Crippen LogP contribution in [0.15, 0.2) is 60.7 Å². The van der Waals surface area contributed by atoms with E-state index in [1.165, 1.54) is 0 Å². The molecule has 6 unspecified atom stereocenters. The van der Waals surface area contributed by atoms with Gasteiger partial charge in [0.1, 0.15) is 18.0 Å². The maximum absolute atomic E-state index is 13.0. The van der Waals surface area contributed by atoms with E-state index in [1.54, 1.807) is 0 Å². The molecule has 0 saturated carbocycles. The second-order valence-electron chi connectivity index (χ2n) is 14.8. The van der Waals surface area contributed by atoms with Crippen molar-refractivity contribution in [3.63, 3.8) is 0 Å². The van der Waals surface area contributed by atoms with Gasteiger partial charge in [0, 0.05) is 36.5 Å². The fourth-order valence-electron chi connectivity index (χ4n) is 7.77. The van der Waals surface area contributed by atoms with Gasteiger partial charge in [-0.1, -0.05) is 94.8 Å². The van der Waals surface area contributed by atoms with Gasteiger partial charge in [0.25, 0.3) is 0 Å². The first-order chi connectivity index (χ1) is 23.6. The number of hydrogen-bond acceptors (Lipinski definition) is 9. The second-order valence-corrected chi connectivity index (χ2v) is 14.8. The van der Waals surface area contributed by atoms with Crippen molar-refractivity contribution in [1.29, 1.82) is 0 Å². The number of aliphatic hydroxyl groups is 2. The van der Waals surface area contributed by atoms with Gasteiger partial charge in [0.2, 0.25) is 0 Å². The smallest absolute Gasteiger partial charge is 0.309 e. The van der Waals surface area contributed by atoms with Gasteiger partial charge < -0.3 is 29.9 Å². The van der Waals surface area contributed by atoms with Gasteiger partial charge in [-0.15, -0.1) is 0 Å². The summed E-state index contributed by atoms with van der Waals surface area (Å²) in [6, 6.07) is 19.0. The van der Waals surface area contributed by atoms with E-state index < -0.39 is 71.0 Å². The Hall–Kier alpha value is -4.09. The van der Waals surface area contributed by atoms with Crippen molar-refractivity contribution < 1.29 is 53.9 Å². The Kier molecular flexibility index (Phi) is 14.1. The Balaban J connectivity index is 0.00000702. The third kappa shape index (κ3) is 11.0. The molecular weight excluding hydrogens is 656 g/mol. The van der Waals surface area contributed by atoms with E-state index in [9.17, 15) is 44.4 Å². The molecule has 0 spiro atoms. The predicted molar refractivity (Wildman–Crippen MR) is 189 cm³/mol. The zero-order chi connectivity index (χ0) is 36.6. The van der Waals surface area contributed by atoms with Crippen LogP contribution in [0.3, 0.4) is 0 Å². The first-order valence-corrected chi connectivity index (χ1v) is 17.5. The molecule has 2 aliphatic heterocycles. The summed E-state index contributed by atoms with van der Waals surface area (Å²) in [7, 11) is 0. The minimum Gasteiger partial charge on any atom is -0.481 e. The van der Waals surface area contributed by atoms with Crippen LogP contribution in [0, 0.1) is 0 Å². The minimum atomic E-state index is -1.70. The summed E-state index contributed by atoms with van der Waals surface area (Å²) >= 11 is 0. The van der Waals surface area contributed by atoms with Crippen molar-refractivity contribution in [3.8, 4) is 0 Å². The number of hydrogen-bond donors (Lipinski definition) is 4. The highest BCUT2D eigenvalue weighted by Crippen LogP contribution is 2.44. The molecule has 2 heterocycles. The zero-order valence-electron chi connectivity index (χ0n) is 29.0. The largest absolute Gasteiger partial charge is 0.481 e. The van der Waals surface area contributed by atoms with Crippen LogP contribution in [0.2, 0.25) is 0 Å². The number of ketones is 1. The lowest BCUT2D eigenvalue weighted by Crippen LogP contribution is -2.52. The van der Waals surface area contributed by atoms with Crippen molar-refractivity contribution >= 4 is 29.7 Å². The number of unbranched alkanes of at least 4 members (excludes halogenated alkanes) is 2. The van der Waals surface area contributed by atoms with Crippen LogP contribution in [0.4, 0.5) is 0 Å². The zero-order valence-corrected chi connectivity index (χ0v) is 29.0. The molecule has 4 rings (SSSR count). The summed E-state index contributed by atoms with van der Waals surface area (Å²) in [5.74, 6) is -3.55. The number of Topliss-reactive ketones (excluding diaryl/α,β-unsaturated/α-hetero) is 1. The Morgan fingerprint density at radius 1 is 0.667 bits per heavy atom. The van der Waals surface area contributed by atoms with Crippen LogP contribution in [0.1, 0.15) is 122 Å². The summed E-state index contributed by atoms with van der Waals surface area (Å²) in [5.41, 5.74) is -3.04. The molecule has 2 aliphatic rings. The van der Waals surface area contributed by atoms with E-state index in [1.807, 2.05) is 74.5 Å². The van der Waals surface area contributed by atoms with Crippen molar-refractivity contribution in [2.45, 2.75) is 145 Å². The highest BCUT2D eigenvalue weighted by atomic mass is 16.6. The predicted octanol–water partition coefficient (Wildman–Crippen LogP) is 6.05. The van der Waals surface area contributed by atoms with E-state index in [0.717, 1.165) is 11.1 Å². The highest BCUT2D eigenvalue weighted by molar-refractivity contribution is 5.78. The Labute approximate surface area is 300 Å². The number of carbonyl (C=O) groups excluding carboxylic acids is 3. The Morgan fingerprint density at radius 2 is 1.02 bits per heavy atom. The standard InChI is InChI=1S/C39H50O11.CH4/c1-36(27-13-5-3-6-14-27,30-21-38(47,23-32(41)42)25-34(45)49-30)19-11-9-17-29(40)18-10-12-20-37(2,28-15-7-4-8-16-28)31-22-39(48,24-33(43)44)26-35(46)50-31;/h3-8,13-16,30-31,47-48H,9-12,17-26H2,1-2H3,(H,41,42)(H,43,44);1H4. The topological polar surface area (TPSA) is 185 Å². The number of benzene rings is 2. The molecule has 6 atom stereocenters. The van der Waals surface area contributed by atoms with Gasteiger partial charge in [0.05, 0.1) is 36.9 Å². The van der Waals surface area contributed by atoms with Crippen LogP contribution in [-0.4, -0.2) is 73.5 Å². The fraction of sp³-hybridized carbons (Fsp3) is 0.575. The lowest BCUT2D eigenvalue weighted by molar-refractivity contribution is -0.181. The molecule has 4 N–H and O–H groups in total. The number of carbonyl (C=O) groups is 5. The maximum Gasteiger partial charge on any atom is 0.309 e. The molecule has 2 aromatic carbocycles. The van der Waals surface area contributed by atoms with Gasteiger partial charge in [-0.05, 0) is 36.8 Å². The monoisotopic (exact) mass is 710 g/mol. The van der Waals surface area contributed by atoms with Crippen molar-refractivity contribution in [3.05, 3.63) is 71.8 Å². The van der Waals surface area contributed by atoms with Crippen LogP contribution in [0.25, 0.3) is 0 Å². The maximum atomic E-state index is 13.0. The quantitative estimate of drug-likeness (QED) is 0.104. The molecule has 280 valence electrons. The number of carboxylic acids is 2. The highest BCUT2D eigenvalue weighted by Gasteiger charge is 2.50. The first-order valence-electron chi connectivity index (χ1n) is 17.5. The van der Waals surface area contributed by atoms with Gasteiger partial charge >= 0.3 is 23.9 Å². The molecule has 2 fully saturated rings. The Morgan fingerprint density at radius 3 is 1.35 bits per heavy atom. The number of rotatable bonds is 18.